The molecule has 112 valence electrons. The van der Waals surface area contributed by atoms with Gasteiger partial charge in [0.15, 0.2) is 0 Å². The van der Waals surface area contributed by atoms with Crippen LogP contribution in [0.15, 0.2) is 0 Å². The van der Waals surface area contributed by atoms with E-state index < -0.39 is 34.8 Å². The predicted octanol–water partition coefficient (Wildman–Crippen LogP) is 0.873. The molecule has 2 aliphatic carbocycles. The third-order valence-electron chi connectivity index (χ3n) is 5.45. The van der Waals surface area contributed by atoms with Crippen molar-refractivity contribution in [1.29, 1.82) is 0 Å². The first-order valence-electron chi connectivity index (χ1n) is 6.95. The minimum Gasteiger partial charge on any atom is -0.480 e. The van der Waals surface area contributed by atoms with Gasteiger partial charge in [-0.25, -0.2) is 8.78 Å². The summed E-state index contributed by atoms with van der Waals surface area (Å²) in [6, 6.07) is -0.859. The van der Waals surface area contributed by atoms with Crippen LogP contribution in [0.1, 0.15) is 38.5 Å². The van der Waals surface area contributed by atoms with Gasteiger partial charge < -0.3 is 10.8 Å². The summed E-state index contributed by atoms with van der Waals surface area (Å²) in [4.78, 5) is 23.0. The van der Waals surface area contributed by atoms with Gasteiger partial charge in [-0.05, 0) is 31.6 Å². The Balaban J connectivity index is 2.01. The fraction of sp³-hybridized carbons (Fsp3) is 0.846. The number of primary amides is 1. The molecule has 1 unspecified atom stereocenters. The highest BCUT2D eigenvalue weighted by molar-refractivity contribution is 5.86. The summed E-state index contributed by atoms with van der Waals surface area (Å²) >= 11 is 0. The summed E-state index contributed by atoms with van der Waals surface area (Å²) in [5, 5.41) is 11.9. The maximum atomic E-state index is 14.5. The maximum Gasteiger partial charge on any atom is 0.320 e. The molecular formula is C13H18F2N2O3. The summed E-state index contributed by atoms with van der Waals surface area (Å²) in [5.74, 6) is -5.43. The highest BCUT2D eigenvalue weighted by atomic mass is 19.3. The minimum absolute atomic E-state index is 0.0329. The van der Waals surface area contributed by atoms with E-state index in [2.05, 4.69) is 5.32 Å². The molecule has 0 spiro atoms. The Bertz CT molecular complexity index is 484. The Labute approximate surface area is 114 Å². The molecule has 4 N–H and O–H groups in total. The van der Waals surface area contributed by atoms with Crippen LogP contribution in [0.25, 0.3) is 0 Å². The van der Waals surface area contributed by atoms with Crippen LogP contribution in [-0.2, 0) is 9.59 Å². The number of halogens is 2. The molecule has 1 saturated heterocycles. The third-order valence-corrected chi connectivity index (χ3v) is 5.45. The van der Waals surface area contributed by atoms with Gasteiger partial charge in [0.2, 0.25) is 5.91 Å². The number of carboxylic acid groups (broad SMARTS) is 1. The van der Waals surface area contributed by atoms with Gasteiger partial charge in [-0.1, -0.05) is 6.42 Å². The molecule has 2 saturated carbocycles. The molecule has 0 bridgehead atoms. The van der Waals surface area contributed by atoms with E-state index in [0.29, 0.717) is 25.7 Å². The number of hydrogen-bond acceptors (Lipinski definition) is 3. The summed E-state index contributed by atoms with van der Waals surface area (Å²) in [6.07, 6.45) is 1.27. The summed E-state index contributed by atoms with van der Waals surface area (Å²) in [6.45, 7) is 0. The van der Waals surface area contributed by atoms with Gasteiger partial charge in [0, 0.05) is 12.0 Å². The zero-order chi connectivity index (χ0) is 14.8. The fourth-order valence-electron chi connectivity index (χ4n) is 4.46. The number of amides is 1. The Morgan fingerprint density at radius 1 is 1.25 bits per heavy atom. The number of nitrogens with one attached hydrogen (secondary N) is 1. The molecule has 4 atom stereocenters. The number of nitrogens with two attached hydrogens (primary N) is 1. The average Bonchev–Trinajstić information content (AvgIpc) is 2.90. The monoisotopic (exact) mass is 288 g/mol. The lowest BCUT2D eigenvalue weighted by Gasteiger charge is -2.47. The van der Waals surface area contributed by atoms with Crippen LogP contribution in [-0.4, -0.2) is 34.5 Å². The van der Waals surface area contributed by atoms with Crippen molar-refractivity contribution in [2.24, 2.45) is 17.1 Å². The molecular weight excluding hydrogens is 270 g/mol. The van der Waals surface area contributed by atoms with Crippen molar-refractivity contribution in [1.82, 2.24) is 5.32 Å². The molecule has 0 aromatic rings. The molecule has 7 heteroatoms. The van der Waals surface area contributed by atoms with E-state index in [0.717, 1.165) is 0 Å². The normalized spacial score (nSPS) is 45.7. The molecule has 1 aliphatic heterocycles. The van der Waals surface area contributed by atoms with Crippen molar-refractivity contribution in [3.05, 3.63) is 0 Å². The lowest BCUT2D eigenvalue weighted by Crippen LogP contribution is -2.65. The second kappa shape index (κ2) is 3.90. The van der Waals surface area contributed by atoms with Crippen LogP contribution < -0.4 is 11.1 Å². The maximum absolute atomic E-state index is 14.5. The molecule has 3 fully saturated rings. The summed E-state index contributed by atoms with van der Waals surface area (Å²) < 4.78 is 29.1. The van der Waals surface area contributed by atoms with Crippen LogP contribution in [0.2, 0.25) is 0 Å². The predicted molar refractivity (Wildman–Crippen MR) is 65.1 cm³/mol. The number of piperidine rings is 1. The molecule has 20 heavy (non-hydrogen) atoms. The number of carboxylic acids is 1. The van der Waals surface area contributed by atoms with Gasteiger partial charge in [0.05, 0.1) is 0 Å². The largest absolute Gasteiger partial charge is 0.480 e. The topological polar surface area (TPSA) is 92.4 Å². The Hall–Kier alpha value is -1.24. The number of fused-ring (bicyclic) bond motifs is 1. The standard InChI is InChI=1S/C13H18F2N2O3/c14-13(15)4-2-1-3-11(13,10(16)20)12-6-7(12)5-8(17-12)9(18)19/h7-8,17H,1-6H2,(H2,16,20)(H,18,19)/t7-,8-,11?,12-/m0/s1. The summed E-state index contributed by atoms with van der Waals surface area (Å²) in [5.41, 5.74) is 2.33. The van der Waals surface area contributed by atoms with E-state index in [1.807, 2.05) is 0 Å². The van der Waals surface area contributed by atoms with Crippen LogP contribution in [0.4, 0.5) is 8.78 Å². The zero-order valence-electron chi connectivity index (χ0n) is 11.0. The molecule has 1 amide bonds. The van der Waals surface area contributed by atoms with Gasteiger partial charge in [-0.3, -0.25) is 14.9 Å². The van der Waals surface area contributed by atoms with Crippen molar-refractivity contribution in [3.63, 3.8) is 0 Å². The fourth-order valence-corrected chi connectivity index (χ4v) is 4.46. The van der Waals surface area contributed by atoms with E-state index in [-0.39, 0.29) is 18.8 Å². The quantitative estimate of drug-likeness (QED) is 0.718. The van der Waals surface area contributed by atoms with E-state index in [1.54, 1.807) is 0 Å². The van der Waals surface area contributed by atoms with Gasteiger partial charge >= 0.3 is 5.97 Å². The SMILES string of the molecule is NC(=O)C1([C@]23C[C@@H]2C[C@@H](C(=O)O)N3)CCCCC1(F)F. The lowest BCUT2D eigenvalue weighted by molar-refractivity contribution is -0.184. The van der Waals surface area contributed by atoms with E-state index in [9.17, 15) is 18.4 Å². The lowest BCUT2D eigenvalue weighted by atomic mass is 9.63. The highest BCUT2D eigenvalue weighted by Crippen LogP contribution is 2.68. The number of hydrogen-bond donors (Lipinski definition) is 3. The Morgan fingerprint density at radius 2 is 1.90 bits per heavy atom. The first-order valence-corrected chi connectivity index (χ1v) is 6.95. The molecule has 3 aliphatic rings. The summed E-state index contributed by atoms with van der Waals surface area (Å²) in [7, 11) is 0. The smallest absolute Gasteiger partial charge is 0.320 e. The Kier molecular flexibility index (Phi) is 2.68. The Morgan fingerprint density at radius 3 is 2.40 bits per heavy atom. The van der Waals surface area contributed by atoms with Crippen molar-refractivity contribution < 1.29 is 23.5 Å². The second-order valence-corrected chi connectivity index (χ2v) is 6.32. The van der Waals surface area contributed by atoms with Gasteiger partial charge in [-0.15, -0.1) is 0 Å². The molecule has 0 aromatic carbocycles. The molecule has 0 radical (unpaired) electrons. The number of alkyl halides is 2. The van der Waals surface area contributed by atoms with Gasteiger partial charge in [0.25, 0.3) is 5.92 Å². The first kappa shape index (κ1) is 13.7. The van der Waals surface area contributed by atoms with Crippen LogP contribution in [0, 0.1) is 11.3 Å². The first-order chi connectivity index (χ1) is 9.27. The van der Waals surface area contributed by atoms with Crippen molar-refractivity contribution in [2.75, 3.05) is 0 Å². The van der Waals surface area contributed by atoms with Gasteiger partial charge in [0.1, 0.15) is 11.5 Å². The van der Waals surface area contributed by atoms with E-state index in [4.69, 9.17) is 10.8 Å². The number of carbonyl (C=O) groups excluding carboxylic acids is 1. The van der Waals surface area contributed by atoms with E-state index in [1.165, 1.54) is 0 Å². The minimum atomic E-state index is -3.17. The molecule has 5 nitrogen and oxygen atoms in total. The number of rotatable bonds is 3. The van der Waals surface area contributed by atoms with Crippen molar-refractivity contribution in [2.45, 2.75) is 56.0 Å². The highest BCUT2D eigenvalue weighted by Gasteiger charge is 2.80. The average molecular weight is 288 g/mol. The molecule has 1 heterocycles. The zero-order valence-corrected chi connectivity index (χ0v) is 11.0. The van der Waals surface area contributed by atoms with Crippen LogP contribution in [0.3, 0.4) is 0 Å². The number of aliphatic carboxylic acids is 1. The van der Waals surface area contributed by atoms with Crippen LogP contribution in [0.5, 0.6) is 0 Å². The number of carbonyl (C=O) groups is 2. The van der Waals surface area contributed by atoms with E-state index >= 15 is 0 Å². The second-order valence-electron chi connectivity index (χ2n) is 6.32. The van der Waals surface area contributed by atoms with Crippen molar-refractivity contribution in [3.8, 4) is 0 Å². The van der Waals surface area contributed by atoms with Gasteiger partial charge in [-0.2, -0.15) is 0 Å². The molecule has 0 aromatic heterocycles. The van der Waals surface area contributed by atoms with Crippen molar-refractivity contribution >= 4 is 11.9 Å². The molecule has 3 rings (SSSR count). The van der Waals surface area contributed by atoms with Crippen LogP contribution >= 0.6 is 0 Å². The third kappa shape index (κ3) is 1.44.